The second kappa shape index (κ2) is 7.72. The van der Waals surface area contributed by atoms with Gasteiger partial charge < -0.3 is 29.9 Å². The molecule has 0 aliphatic carbocycles. The molecule has 2 rings (SSSR count). The lowest BCUT2D eigenvalue weighted by atomic mass is 9.99. The first-order valence-electron chi connectivity index (χ1n) is 6.89. The maximum absolute atomic E-state index is 10.6. The number of hydrogen-bond acceptors (Lipinski definition) is 9. The molecular formula is C13H18O10S. The van der Waals surface area contributed by atoms with Gasteiger partial charge in [-0.25, -0.2) is 4.18 Å². The summed E-state index contributed by atoms with van der Waals surface area (Å²) in [6, 6.07) is 6.11. The van der Waals surface area contributed by atoms with Gasteiger partial charge in [-0.1, -0.05) is 12.1 Å². The fourth-order valence-electron chi connectivity index (χ4n) is 2.11. The molecule has 1 saturated heterocycles. The summed E-state index contributed by atoms with van der Waals surface area (Å²) in [5.74, 6) is 0.245. The van der Waals surface area contributed by atoms with Crippen LogP contribution in [0.3, 0.4) is 0 Å². The summed E-state index contributed by atoms with van der Waals surface area (Å²) in [5, 5.41) is 38.5. The molecule has 10 nitrogen and oxygen atoms in total. The molecule has 0 bridgehead atoms. The van der Waals surface area contributed by atoms with E-state index in [1.807, 2.05) is 0 Å². The number of rotatable bonds is 6. The average molecular weight is 366 g/mol. The van der Waals surface area contributed by atoms with Crippen LogP contribution in [0.25, 0.3) is 0 Å². The molecule has 1 aromatic carbocycles. The maximum Gasteiger partial charge on any atom is 0.397 e. The van der Waals surface area contributed by atoms with Crippen molar-refractivity contribution in [2.45, 2.75) is 37.3 Å². The minimum absolute atomic E-state index is 0.164. The van der Waals surface area contributed by atoms with Crippen LogP contribution in [0.2, 0.25) is 0 Å². The predicted molar refractivity (Wildman–Crippen MR) is 77.2 cm³/mol. The van der Waals surface area contributed by atoms with E-state index in [1.165, 1.54) is 12.1 Å². The van der Waals surface area contributed by atoms with E-state index in [0.717, 1.165) is 0 Å². The number of aliphatic hydroxyl groups is 4. The highest BCUT2D eigenvalue weighted by Gasteiger charge is 2.45. The molecule has 1 aliphatic heterocycles. The molecule has 5 atom stereocenters. The minimum atomic E-state index is -4.76. The number of benzene rings is 1. The van der Waals surface area contributed by atoms with E-state index in [4.69, 9.17) is 19.1 Å². The van der Waals surface area contributed by atoms with Crippen LogP contribution in [-0.4, -0.2) is 70.7 Å². The molecule has 0 aromatic heterocycles. The number of aliphatic hydroxyl groups excluding tert-OH is 4. The molecule has 0 radical (unpaired) electrons. The molecule has 1 fully saturated rings. The van der Waals surface area contributed by atoms with E-state index >= 15 is 0 Å². The van der Waals surface area contributed by atoms with Gasteiger partial charge in [-0.15, -0.1) is 0 Å². The first kappa shape index (κ1) is 19.0. The second-order valence-electron chi connectivity index (χ2n) is 5.15. The van der Waals surface area contributed by atoms with Gasteiger partial charge in [0.05, 0.1) is 13.2 Å². The normalized spacial score (nSPS) is 31.0. The third-order valence-electron chi connectivity index (χ3n) is 3.41. The Morgan fingerprint density at radius 2 is 1.67 bits per heavy atom. The van der Waals surface area contributed by atoms with Crippen molar-refractivity contribution in [3.05, 3.63) is 29.8 Å². The van der Waals surface area contributed by atoms with Crippen LogP contribution in [-0.2, 0) is 25.9 Å². The summed E-state index contributed by atoms with van der Waals surface area (Å²) in [6.07, 6.45) is -7.74. The van der Waals surface area contributed by atoms with E-state index in [-0.39, 0.29) is 12.4 Å². The van der Waals surface area contributed by atoms with Crippen LogP contribution in [0, 0.1) is 0 Å². The van der Waals surface area contributed by atoms with Crippen LogP contribution in [0.5, 0.6) is 5.75 Å². The SMILES string of the molecule is O=S(=O)(O)OC[C@H]1O[C@@H](Oc2ccc(CO)cc2)[C@H](O)[C@@H](O)[C@@H]1O. The monoisotopic (exact) mass is 366 g/mol. The van der Waals surface area contributed by atoms with Gasteiger partial charge >= 0.3 is 10.4 Å². The van der Waals surface area contributed by atoms with Gasteiger partial charge in [0.15, 0.2) is 0 Å². The van der Waals surface area contributed by atoms with E-state index in [1.54, 1.807) is 12.1 Å². The van der Waals surface area contributed by atoms with E-state index in [2.05, 4.69) is 4.18 Å². The molecule has 0 unspecified atom stereocenters. The first-order valence-corrected chi connectivity index (χ1v) is 8.25. The Labute approximate surface area is 137 Å². The zero-order valence-electron chi connectivity index (χ0n) is 12.3. The lowest BCUT2D eigenvalue weighted by molar-refractivity contribution is -0.276. The smallest absolute Gasteiger partial charge is 0.397 e. The standard InChI is InChI=1S/C13H18O10S/c14-5-7-1-3-8(4-2-7)22-13-12(17)11(16)10(15)9(23-13)6-21-24(18,19)20/h1-4,9-17H,5-6H2,(H,18,19,20)/t9-,10-,11+,12-,13-/m1/s1. The molecule has 11 heteroatoms. The largest absolute Gasteiger partial charge is 0.462 e. The zero-order valence-corrected chi connectivity index (χ0v) is 13.1. The average Bonchev–Trinajstić information content (AvgIpc) is 2.54. The molecule has 0 spiro atoms. The molecule has 24 heavy (non-hydrogen) atoms. The van der Waals surface area contributed by atoms with Crippen LogP contribution in [0.15, 0.2) is 24.3 Å². The van der Waals surface area contributed by atoms with Crippen molar-refractivity contribution in [1.29, 1.82) is 0 Å². The Morgan fingerprint density at radius 1 is 1.04 bits per heavy atom. The third-order valence-corrected chi connectivity index (χ3v) is 3.84. The van der Waals surface area contributed by atoms with Crippen molar-refractivity contribution in [2.75, 3.05) is 6.61 Å². The van der Waals surface area contributed by atoms with Crippen LogP contribution in [0.1, 0.15) is 5.56 Å². The summed E-state index contributed by atoms with van der Waals surface area (Å²) in [7, 11) is -4.76. The number of hydrogen-bond donors (Lipinski definition) is 5. The zero-order chi connectivity index (χ0) is 17.9. The molecule has 1 heterocycles. The molecule has 136 valence electrons. The Hall–Kier alpha value is -1.31. The number of ether oxygens (including phenoxy) is 2. The minimum Gasteiger partial charge on any atom is -0.462 e. The van der Waals surface area contributed by atoms with Gasteiger partial charge in [-0.2, -0.15) is 8.42 Å². The molecule has 1 aliphatic rings. The van der Waals surface area contributed by atoms with Gasteiger partial charge in [0, 0.05) is 0 Å². The highest BCUT2D eigenvalue weighted by atomic mass is 32.3. The predicted octanol–water partition coefficient (Wildman–Crippen LogP) is -1.82. The first-order chi connectivity index (χ1) is 11.2. The topological polar surface area (TPSA) is 163 Å². The van der Waals surface area contributed by atoms with Crippen LogP contribution in [0.4, 0.5) is 0 Å². The fourth-order valence-corrected chi connectivity index (χ4v) is 2.42. The Bertz CT molecular complexity index is 631. The Balaban J connectivity index is 2.07. The molecule has 0 saturated carbocycles. The van der Waals surface area contributed by atoms with Gasteiger partial charge in [-0.3, -0.25) is 4.55 Å². The summed E-state index contributed by atoms with van der Waals surface area (Å²) in [6.45, 7) is -0.949. The van der Waals surface area contributed by atoms with Crippen molar-refractivity contribution in [3.8, 4) is 5.75 Å². The van der Waals surface area contributed by atoms with Crippen molar-refractivity contribution in [3.63, 3.8) is 0 Å². The van der Waals surface area contributed by atoms with Crippen molar-refractivity contribution < 1.29 is 47.1 Å². The van der Waals surface area contributed by atoms with Crippen molar-refractivity contribution in [1.82, 2.24) is 0 Å². The highest BCUT2D eigenvalue weighted by Crippen LogP contribution is 2.25. The highest BCUT2D eigenvalue weighted by molar-refractivity contribution is 7.80. The Morgan fingerprint density at radius 3 is 2.21 bits per heavy atom. The summed E-state index contributed by atoms with van der Waals surface area (Å²) < 4.78 is 44.4. The maximum atomic E-state index is 10.6. The van der Waals surface area contributed by atoms with Crippen molar-refractivity contribution >= 4 is 10.4 Å². The summed E-state index contributed by atoms with van der Waals surface area (Å²) in [5.41, 5.74) is 0.627. The molecular weight excluding hydrogens is 348 g/mol. The van der Waals surface area contributed by atoms with Crippen molar-refractivity contribution in [2.24, 2.45) is 0 Å². The lowest BCUT2D eigenvalue weighted by Crippen LogP contribution is -2.60. The van der Waals surface area contributed by atoms with E-state index in [9.17, 15) is 23.7 Å². The van der Waals surface area contributed by atoms with E-state index in [0.29, 0.717) is 5.56 Å². The second-order valence-corrected chi connectivity index (χ2v) is 6.24. The fraction of sp³-hybridized carbons (Fsp3) is 0.538. The molecule has 5 N–H and O–H groups in total. The summed E-state index contributed by atoms with van der Waals surface area (Å²) >= 11 is 0. The summed E-state index contributed by atoms with van der Waals surface area (Å²) in [4.78, 5) is 0. The quantitative estimate of drug-likeness (QED) is 0.362. The molecule has 0 amide bonds. The van der Waals surface area contributed by atoms with Crippen LogP contribution >= 0.6 is 0 Å². The van der Waals surface area contributed by atoms with Gasteiger partial charge in [0.25, 0.3) is 0 Å². The van der Waals surface area contributed by atoms with Gasteiger partial charge in [0.2, 0.25) is 6.29 Å². The van der Waals surface area contributed by atoms with Gasteiger partial charge in [-0.05, 0) is 17.7 Å². The molecule has 1 aromatic rings. The Kier molecular flexibility index (Phi) is 6.11. The lowest BCUT2D eigenvalue weighted by Gasteiger charge is -2.39. The van der Waals surface area contributed by atoms with E-state index < -0.39 is 47.7 Å². The van der Waals surface area contributed by atoms with Gasteiger partial charge in [0.1, 0.15) is 30.2 Å². The van der Waals surface area contributed by atoms with Crippen LogP contribution < -0.4 is 4.74 Å². The third kappa shape index (κ3) is 4.84.